The maximum absolute atomic E-state index is 12.6. The van der Waals surface area contributed by atoms with Crippen LogP contribution in [0.15, 0.2) is 36.5 Å². The van der Waals surface area contributed by atoms with Crippen molar-refractivity contribution < 1.29 is 43.0 Å². The molecular weight excluding hydrogens is 715 g/mol. The summed E-state index contributed by atoms with van der Waals surface area (Å²) in [5, 5.41) is 18.4. The lowest BCUT2D eigenvalue weighted by Gasteiger charge is -2.20. The lowest BCUT2D eigenvalue weighted by molar-refractivity contribution is -0.154. The zero-order valence-electron chi connectivity index (χ0n) is 35.4. The zero-order valence-corrected chi connectivity index (χ0v) is 36.3. The number of allylic oxidation sites excluding steroid dienone is 6. The second-order valence-corrected chi connectivity index (χ2v) is 16.5. The van der Waals surface area contributed by atoms with E-state index in [0.717, 1.165) is 51.4 Å². The van der Waals surface area contributed by atoms with E-state index in [4.69, 9.17) is 23.6 Å². The van der Waals surface area contributed by atoms with Crippen LogP contribution in [0.5, 0.6) is 0 Å². The molecular formula is C45H85O9P. The molecule has 0 aromatic rings. The molecule has 324 valence electrons. The molecule has 0 rings (SSSR count). The molecule has 10 heteroatoms. The molecule has 0 aliphatic heterocycles. The van der Waals surface area contributed by atoms with Crippen molar-refractivity contribution in [2.24, 2.45) is 0 Å². The van der Waals surface area contributed by atoms with E-state index in [1.54, 1.807) is 0 Å². The molecule has 0 saturated heterocycles. The van der Waals surface area contributed by atoms with Gasteiger partial charge in [0.2, 0.25) is 0 Å². The van der Waals surface area contributed by atoms with Crippen molar-refractivity contribution >= 4 is 13.8 Å². The highest BCUT2D eigenvalue weighted by Gasteiger charge is 2.26. The van der Waals surface area contributed by atoms with Gasteiger partial charge in [-0.3, -0.25) is 13.8 Å². The first-order valence-electron chi connectivity index (χ1n) is 22.5. The van der Waals surface area contributed by atoms with Crippen molar-refractivity contribution in [1.82, 2.24) is 0 Å². The molecule has 9 nitrogen and oxygen atoms in total. The molecule has 0 heterocycles. The highest BCUT2D eigenvalue weighted by molar-refractivity contribution is 7.47. The van der Waals surface area contributed by atoms with Crippen molar-refractivity contribution in [1.29, 1.82) is 0 Å². The fraction of sp³-hybridized carbons (Fsp3) is 0.844. The SMILES string of the molecule is CCCC/C=C\C/C=C\CCCCCCCCOCC(COP(=O)(O)OCC(O)CO)OC(=O)CCCCCCCCCCC/C=C\CCCCCCCC. The summed E-state index contributed by atoms with van der Waals surface area (Å²) in [5.74, 6) is -0.388. The normalized spacial score (nSPS) is 14.3. The Kier molecular flexibility index (Phi) is 41.3. The average molecular weight is 801 g/mol. The minimum atomic E-state index is -4.52. The quantitative estimate of drug-likeness (QED) is 0.0239. The number of phosphoric acid groups is 1. The third kappa shape index (κ3) is 42.1. The van der Waals surface area contributed by atoms with Crippen LogP contribution in [0.4, 0.5) is 0 Å². The maximum Gasteiger partial charge on any atom is 0.472 e. The largest absolute Gasteiger partial charge is 0.472 e. The van der Waals surface area contributed by atoms with Gasteiger partial charge in [-0.15, -0.1) is 0 Å². The number of aliphatic hydroxyl groups excluding tert-OH is 2. The highest BCUT2D eigenvalue weighted by Crippen LogP contribution is 2.43. The first-order valence-corrected chi connectivity index (χ1v) is 24.0. The van der Waals surface area contributed by atoms with Gasteiger partial charge >= 0.3 is 13.8 Å². The van der Waals surface area contributed by atoms with Crippen molar-refractivity contribution in [3.8, 4) is 0 Å². The van der Waals surface area contributed by atoms with E-state index in [1.807, 2.05) is 0 Å². The van der Waals surface area contributed by atoms with E-state index in [1.165, 1.54) is 128 Å². The molecule has 0 aliphatic rings. The van der Waals surface area contributed by atoms with Gasteiger partial charge in [-0.1, -0.05) is 166 Å². The number of phosphoric ester groups is 1. The molecule has 0 aromatic carbocycles. The molecule has 0 fully saturated rings. The second-order valence-electron chi connectivity index (χ2n) is 15.1. The lowest BCUT2D eigenvalue weighted by Crippen LogP contribution is -2.29. The van der Waals surface area contributed by atoms with Crippen LogP contribution in [0.1, 0.15) is 200 Å². The summed E-state index contributed by atoms with van der Waals surface area (Å²) in [5.41, 5.74) is 0. The topological polar surface area (TPSA) is 132 Å². The van der Waals surface area contributed by atoms with Gasteiger partial charge in [0.05, 0.1) is 26.4 Å². The summed E-state index contributed by atoms with van der Waals surface area (Å²) in [7, 11) is -4.52. The number of carbonyl (C=O) groups excluding carboxylic acids is 1. The third-order valence-corrected chi connectivity index (χ3v) is 10.5. The number of unbranched alkanes of at least 4 members (excludes halogenated alkanes) is 23. The summed E-state index contributed by atoms with van der Waals surface area (Å²) in [6.45, 7) is 3.46. The monoisotopic (exact) mass is 801 g/mol. The summed E-state index contributed by atoms with van der Waals surface area (Å²) >= 11 is 0. The number of ether oxygens (including phenoxy) is 2. The standard InChI is InChI=1S/C45H85O9P/c1-3-5-7-9-11-13-15-17-19-20-21-22-23-25-27-29-31-33-35-37-45(48)54-44(42-53-55(49,50)52-40-43(47)39-46)41-51-38-36-34-32-30-28-26-24-18-16-14-12-10-8-6-4-2/h10,12,16-19,43-44,46-47H,3-9,11,13-15,20-42H2,1-2H3,(H,49,50)/b12-10-,18-16-,19-17-. The Morgan fingerprint density at radius 1 is 0.564 bits per heavy atom. The van der Waals surface area contributed by atoms with Gasteiger partial charge in [0.1, 0.15) is 12.2 Å². The fourth-order valence-electron chi connectivity index (χ4n) is 6.07. The Labute approximate surface area is 337 Å². The summed E-state index contributed by atoms with van der Waals surface area (Å²) in [4.78, 5) is 22.6. The predicted molar refractivity (Wildman–Crippen MR) is 228 cm³/mol. The van der Waals surface area contributed by atoms with Crippen molar-refractivity contribution in [2.45, 2.75) is 212 Å². The van der Waals surface area contributed by atoms with Gasteiger partial charge in [0.15, 0.2) is 0 Å². The summed E-state index contributed by atoms with van der Waals surface area (Å²) in [6, 6.07) is 0. The number of aliphatic hydroxyl groups is 2. The molecule has 3 atom stereocenters. The Balaban J connectivity index is 4.15. The van der Waals surface area contributed by atoms with E-state index < -0.39 is 33.2 Å². The molecule has 0 aromatic heterocycles. The second kappa shape index (κ2) is 42.3. The number of hydrogen-bond acceptors (Lipinski definition) is 8. The van der Waals surface area contributed by atoms with Gasteiger partial charge in [-0.25, -0.2) is 4.57 Å². The van der Waals surface area contributed by atoms with E-state index in [9.17, 15) is 19.4 Å². The van der Waals surface area contributed by atoms with Crippen LogP contribution in [0, 0.1) is 0 Å². The smallest absolute Gasteiger partial charge is 0.457 e. The van der Waals surface area contributed by atoms with Crippen LogP contribution in [-0.4, -0.2) is 66.3 Å². The first-order chi connectivity index (χ1) is 26.8. The molecule has 55 heavy (non-hydrogen) atoms. The Bertz CT molecular complexity index is 955. The average Bonchev–Trinajstić information content (AvgIpc) is 3.18. The van der Waals surface area contributed by atoms with Gasteiger partial charge in [0, 0.05) is 13.0 Å². The summed E-state index contributed by atoms with van der Waals surface area (Å²) < 4.78 is 33.4. The van der Waals surface area contributed by atoms with E-state index in [2.05, 4.69) is 50.3 Å². The van der Waals surface area contributed by atoms with Crippen LogP contribution in [0.2, 0.25) is 0 Å². The number of hydrogen-bond donors (Lipinski definition) is 3. The lowest BCUT2D eigenvalue weighted by atomic mass is 10.1. The number of esters is 1. The predicted octanol–water partition coefficient (Wildman–Crippen LogP) is 12.4. The van der Waals surface area contributed by atoms with Crippen molar-refractivity contribution in [3.63, 3.8) is 0 Å². The van der Waals surface area contributed by atoms with Crippen LogP contribution in [0.25, 0.3) is 0 Å². The third-order valence-electron chi connectivity index (χ3n) is 9.55. The minimum absolute atomic E-state index is 0.0423. The van der Waals surface area contributed by atoms with Gasteiger partial charge in [-0.05, 0) is 64.2 Å². The Morgan fingerprint density at radius 3 is 1.53 bits per heavy atom. The molecule has 3 N–H and O–H groups in total. The van der Waals surface area contributed by atoms with Crippen LogP contribution < -0.4 is 0 Å². The van der Waals surface area contributed by atoms with Gasteiger partial charge < -0.3 is 24.6 Å². The maximum atomic E-state index is 12.6. The zero-order chi connectivity index (χ0) is 40.3. The molecule has 0 bridgehead atoms. The van der Waals surface area contributed by atoms with Crippen LogP contribution >= 0.6 is 7.82 Å². The minimum Gasteiger partial charge on any atom is -0.457 e. The number of rotatable bonds is 43. The van der Waals surface area contributed by atoms with E-state index in [-0.39, 0.29) is 25.6 Å². The highest BCUT2D eigenvalue weighted by atomic mass is 31.2. The molecule has 0 amide bonds. The van der Waals surface area contributed by atoms with Gasteiger partial charge in [-0.2, -0.15) is 0 Å². The van der Waals surface area contributed by atoms with Crippen molar-refractivity contribution in [2.75, 3.05) is 33.0 Å². The van der Waals surface area contributed by atoms with Crippen LogP contribution in [0.3, 0.4) is 0 Å². The Hall–Kier alpha value is -1.32. The van der Waals surface area contributed by atoms with Crippen molar-refractivity contribution in [3.05, 3.63) is 36.5 Å². The molecule has 0 radical (unpaired) electrons. The van der Waals surface area contributed by atoms with Crippen LogP contribution in [-0.2, 0) is 27.9 Å². The van der Waals surface area contributed by atoms with E-state index in [0.29, 0.717) is 6.61 Å². The number of carbonyl (C=O) groups is 1. The fourth-order valence-corrected chi connectivity index (χ4v) is 6.86. The first kappa shape index (κ1) is 53.7. The molecule has 3 unspecified atom stereocenters. The van der Waals surface area contributed by atoms with E-state index >= 15 is 0 Å². The molecule has 0 spiro atoms. The van der Waals surface area contributed by atoms with Gasteiger partial charge in [0.25, 0.3) is 0 Å². The summed E-state index contributed by atoms with van der Waals surface area (Å²) in [6.07, 6.45) is 45.3. The molecule has 0 saturated carbocycles. The Morgan fingerprint density at radius 2 is 1.00 bits per heavy atom. The molecule has 0 aliphatic carbocycles.